The van der Waals surface area contributed by atoms with Crippen molar-refractivity contribution in [3.05, 3.63) is 77.2 Å². The maximum absolute atomic E-state index is 13.3. The number of nitrogens with zero attached hydrogens (tertiary/aromatic N) is 1. The SMILES string of the molecule is O=C1C=C(c2cccc(F)c2)/C(=C/Sc2ccccn2)N1. The van der Waals surface area contributed by atoms with Gasteiger partial charge in [-0.05, 0) is 29.8 Å². The Bertz CT molecular complexity index is 741. The van der Waals surface area contributed by atoms with Crippen LogP contribution in [0.25, 0.3) is 5.57 Å². The van der Waals surface area contributed by atoms with Crippen LogP contribution in [0.2, 0.25) is 0 Å². The Hall–Kier alpha value is -2.40. The number of benzene rings is 1. The molecule has 0 saturated carbocycles. The standard InChI is InChI=1S/C16H11FN2OS/c17-12-5-3-4-11(8-12)13-9-15(20)19-14(13)10-21-16-6-1-2-7-18-16/h1-10H,(H,19,20)/b14-10-. The molecule has 0 aliphatic carbocycles. The number of thioether (sulfide) groups is 1. The van der Waals surface area contributed by atoms with Crippen LogP contribution >= 0.6 is 11.8 Å². The van der Waals surface area contributed by atoms with Gasteiger partial charge in [0.2, 0.25) is 5.91 Å². The lowest BCUT2D eigenvalue weighted by Gasteiger charge is -2.06. The Kier molecular flexibility index (Phi) is 3.83. The average molecular weight is 298 g/mol. The predicted molar refractivity (Wildman–Crippen MR) is 80.7 cm³/mol. The number of carbonyl (C=O) groups excluding carboxylic acids is 1. The summed E-state index contributed by atoms with van der Waals surface area (Å²) < 4.78 is 13.3. The Labute approximate surface area is 125 Å². The van der Waals surface area contributed by atoms with Crippen molar-refractivity contribution in [2.24, 2.45) is 0 Å². The number of amides is 1. The van der Waals surface area contributed by atoms with Gasteiger partial charge in [0.1, 0.15) is 10.8 Å². The lowest BCUT2D eigenvalue weighted by molar-refractivity contribution is -0.115. The van der Waals surface area contributed by atoms with E-state index in [1.54, 1.807) is 18.3 Å². The van der Waals surface area contributed by atoms with Gasteiger partial charge in [0.05, 0.1) is 5.70 Å². The molecule has 1 N–H and O–H groups in total. The molecule has 104 valence electrons. The van der Waals surface area contributed by atoms with Crippen LogP contribution in [-0.2, 0) is 4.79 Å². The maximum Gasteiger partial charge on any atom is 0.249 e. The molecule has 3 rings (SSSR count). The van der Waals surface area contributed by atoms with Gasteiger partial charge >= 0.3 is 0 Å². The molecule has 0 radical (unpaired) electrons. The predicted octanol–water partition coefficient (Wildman–Crippen LogP) is 3.37. The summed E-state index contributed by atoms with van der Waals surface area (Å²) in [6.07, 6.45) is 3.18. The Morgan fingerprint density at radius 1 is 1.19 bits per heavy atom. The third-order valence-corrected chi connectivity index (χ3v) is 3.73. The van der Waals surface area contributed by atoms with E-state index in [1.165, 1.54) is 30.0 Å². The molecule has 0 bridgehead atoms. The molecule has 3 nitrogen and oxygen atoms in total. The van der Waals surface area contributed by atoms with Crippen LogP contribution in [0.1, 0.15) is 5.56 Å². The topological polar surface area (TPSA) is 42.0 Å². The van der Waals surface area contributed by atoms with E-state index in [1.807, 2.05) is 23.6 Å². The summed E-state index contributed by atoms with van der Waals surface area (Å²) in [4.78, 5) is 15.8. The summed E-state index contributed by atoms with van der Waals surface area (Å²) in [6.45, 7) is 0. The first-order valence-electron chi connectivity index (χ1n) is 6.29. The number of aromatic nitrogens is 1. The molecule has 0 unspecified atom stereocenters. The van der Waals surface area contributed by atoms with E-state index in [-0.39, 0.29) is 11.7 Å². The van der Waals surface area contributed by atoms with E-state index in [2.05, 4.69) is 10.3 Å². The highest BCUT2D eigenvalue weighted by atomic mass is 32.2. The van der Waals surface area contributed by atoms with Crippen LogP contribution in [0.3, 0.4) is 0 Å². The normalized spacial score (nSPS) is 16.0. The molecule has 1 aromatic heterocycles. The Morgan fingerprint density at radius 2 is 2.10 bits per heavy atom. The first-order valence-corrected chi connectivity index (χ1v) is 7.17. The van der Waals surface area contributed by atoms with Gasteiger partial charge in [0.15, 0.2) is 0 Å². The third-order valence-electron chi connectivity index (χ3n) is 2.89. The molecule has 1 aliphatic rings. The molecule has 0 saturated heterocycles. The van der Waals surface area contributed by atoms with Crippen LogP contribution in [0.4, 0.5) is 4.39 Å². The number of pyridine rings is 1. The first-order chi connectivity index (χ1) is 10.2. The summed E-state index contributed by atoms with van der Waals surface area (Å²) in [5.41, 5.74) is 2.01. The van der Waals surface area contributed by atoms with Gasteiger partial charge in [-0.25, -0.2) is 9.37 Å². The zero-order valence-corrected chi connectivity index (χ0v) is 11.7. The molecule has 0 fully saturated rings. The van der Waals surface area contributed by atoms with Crippen molar-refractivity contribution in [2.75, 3.05) is 0 Å². The van der Waals surface area contributed by atoms with Gasteiger partial charge in [0, 0.05) is 23.3 Å². The van der Waals surface area contributed by atoms with Crippen LogP contribution < -0.4 is 5.32 Å². The number of rotatable bonds is 3. The molecule has 1 aliphatic heterocycles. The third kappa shape index (κ3) is 3.20. The van der Waals surface area contributed by atoms with Crippen molar-refractivity contribution >= 4 is 23.2 Å². The zero-order chi connectivity index (χ0) is 14.7. The lowest BCUT2D eigenvalue weighted by atomic mass is 10.1. The molecule has 0 spiro atoms. The number of carbonyl (C=O) groups is 1. The van der Waals surface area contributed by atoms with E-state index in [9.17, 15) is 9.18 Å². The fourth-order valence-electron chi connectivity index (χ4n) is 1.97. The largest absolute Gasteiger partial charge is 0.321 e. The quantitative estimate of drug-likeness (QED) is 0.883. The van der Waals surface area contributed by atoms with Crippen molar-refractivity contribution in [3.8, 4) is 0 Å². The second-order valence-electron chi connectivity index (χ2n) is 4.37. The van der Waals surface area contributed by atoms with Crippen LogP contribution in [0.5, 0.6) is 0 Å². The van der Waals surface area contributed by atoms with Gasteiger partial charge < -0.3 is 5.32 Å². The molecule has 5 heteroatoms. The molecular formula is C16H11FN2OS. The van der Waals surface area contributed by atoms with Crippen LogP contribution in [0, 0.1) is 5.82 Å². The summed E-state index contributed by atoms with van der Waals surface area (Å²) >= 11 is 1.40. The summed E-state index contributed by atoms with van der Waals surface area (Å²) in [5, 5.41) is 5.38. The van der Waals surface area contributed by atoms with Gasteiger partial charge in [-0.2, -0.15) is 0 Å². The highest BCUT2D eigenvalue weighted by Crippen LogP contribution is 2.29. The number of allylic oxidation sites excluding steroid dienone is 1. The fraction of sp³-hybridized carbons (Fsp3) is 0. The molecule has 2 heterocycles. The second-order valence-corrected chi connectivity index (χ2v) is 5.26. The molecule has 21 heavy (non-hydrogen) atoms. The molecular weight excluding hydrogens is 287 g/mol. The van der Waals surface area contributed by atoms with Crippen molar-refractivity contribution < 1.29 is 9.18 Å². The fourth-order valence-corrected chi connectivity index (χ4v) is 2.67. The first kappa shape index (κ1) is 13.6. The highest BCUT2D eigenvalue weighted by Gasteiger charge is 2.19. The number of hydrogen-bond donors (Lipinski definition) is 1. The van der Waals surface area contributed by atoms with Crippen molar-refractivity contribution in [3.63, 3.8) is 0 Å². The highest BCUT2D eigenvalue weighted by molar-refractivity contribution is 8.02. The zero-order valence-electron chi connectivity index (χ0n) is 10.9. The van der Waals surface area contributed by atoms with Gasteiger partial charge in [-0.1, -0.05) is 30.0 Å². The van der Waals surface area contributed by atoms with E-state index < -0.39 is 0 Å². The van der Waals surface area contributed by atoms with Gasteiger partial charge in [-0.15, -0.1) is 0 Å². The summed E-state index contributed by atoms with van der Waals surface area (Å²) in [6, 6.07) is 11.8. The van der Waals surface area contributed by atoms with Crippen molar-refractivity contribution in [1.82, 2.24) is 10.3 Å². The lowest BCUT2D eigenvalue weighted by Crippen LogP contribution is -2.13. The smallest absolute Gasteiger partial charge is 0.249 e. The van der Waals surface area contributed by atoms with Crippen molar-refractivity contribution in [2.45, 2.75) is 5.03 Å². The number of nitrogens with one attached hydrogen (secondary N) is 1. The minimum atomic E-state index is -0.329. The second kappa shape index (κ2) is 5.93. The Balaban J connectivity index is 1.88. The van der Waals surface area contributed by atoms with E-state index in [4.69, 9.17) is 0 Å². The Morgan fingerprint density at radius 3 is 2.86 bits per heavy atom. The minimum absolute atomic E-state index is 0.206. The molecule has 1 amide bonds. The van der Waals surface area contributed by atoms with E-state index >= 15 is 0 Å². The average Bonchev–Trinajstić information content (AvgIpc) is 2.87. The van der Waals surface area contributed by atoms with Gasteiger partial charge in [0.25, 0.3) is 0 Å². The number of halogens is 1. The molecule has 0 atom stereocenters. The summed E-state index contributed by atoms with van der Waals surface area (Å²) in [5.74, 6) is -0.536. The summed E-state index contributed by atoms with van der Waals surface area (Å²) in [7, 11) is 0. The van der Waals surface area contributed by atoms with Gasteiger partial charge in [-0.3, -0.25) is 4.79 Å². The van der Waals surface area contributed by atoms with E-state index in [0.29, 0.717) is 16.8 Å². The number of hydrogen-bond acceptors (Lipinski definition) is 3. The maximum atomic E-state index is 13.3. The molecule has 2 aromatic rings. The van der Waals surface area contributed by atoms with E-state index in [0.717, 1.165) is 5.03 Å². The molecule has 1 aromatic carbocycles. The van der Waals surface area contributed by atoms with Crippen LogP contribution in [-0.4, -0.2) is 10.9 Å². The van der Waals surface area contributed by atoms with Crippen LogP contribution in [0.15, 0.2) is 70.9 Å². The monoisotopic (exact) mass is 298 g/mol. The van der Waals surface area contributed by atoms with Crippen molar-refractivity contribution in [1.29, 1.82) is 0 Å². The minimum Gasteiger partial charge on any atom is -0.321 e.